The normalized spacial score (nSPS) is 36.7. The smallest absolute Gasteiger partial charge is 0.331 e. The molecule has 0 aromatic rings. The van der Waals surface area contributed by atoms with Crippen molar-refractivity contribution in [1.82, 2.24) is 0 Å². The predicted molar refractivity (Wildman–Crippen MR) is 73.3 cm³/mol. The maximum Gasteiger partial charge on any atom is 0.331 e. The lowest BCUT2D eigenvalue weighted by atomic mass is 9.77. The average molecular weight is 248 g/mol. The molecule has 1 fully saturated rings. The molecule has 1 N–H and O–H groups in total. The van der Waals surface area contributed by atoms with E-state index in [9.17, 15) is 9.90 Å². The molecule has 2 nitrogen and oxygen atoms in total. The van der Waals surface area contributed by atoms with Crippen molar-refractivity contribution in [3.63, 3.8) is 0 Å². The Labute approximate surface area is 110 Å². The van der Waals surface area contributed by atoms with E-state index in [1.807, 2.05) is 0 Å². The predicted octanol–water partition coefficient (Wildman–Crippen LogP) is 4.18. The number of carboxylic acids is 1. The molecule has 0 spiro atoms. The molecule has 0 aliphatic heterocycles. The van der Waals surface area contributed by atoms with E-state index in [2.05, 4.69) is 20.4 Å². The Balaban J connectivity index is 2.32. The van der Waals surface area contributed by atoms with E-state index in [1.165, 1.54) is 11.1 Å². The zero-order chi connectivity index (χ0) is 13.3. The summed E-state index contributed by atoms with van der Waals surface area (Å²) in [5.74, 6) is 1.02. The van der Waals surface area contributed by atoms with E-state index >= 15 is 0 Å². The van der Waals surface area contributed by atoms with E-state index in [4.69, 9.17) is 0 Å². The highest BCUT2D eigenvalue weighted by Gasteiger charge is 2.35. The molecule has 0 unspecified atom stereocenters. The second-order valence-corrected chi connectivity index (χ2v) is 6.10. The molecule has 0 aromatic carbocycles. The molecule has 0 radical (unpaired) electrons. The van der Waals surface area contributed by atoms with Gasteiger partial charge in [0.15, 0.2) is 0 Å². The average Bonchev–Trinajstić information content (AvgIpc) is 2.58. The fourth-order valence-corrected chi connectivity index (χ4v) is 3.66. The number of aliphatic carboxylic acids is 1. The molecular formula is C16H24O2. The maximum absolute atomic E-state index is 11.4. The van der Waals surface area contributed by atoms with Gasteiger partial charge in [-0.05, 0) is 63.2 Å². The van der Waals surface area contributed by atoms with Gasteiger partial charge in [0.2, 0.25) is 0 Å². The van der Waals surface area contributed by atoms with Crippen LogP contribution in [0.5, 0.6) is 0 Å². The van der Waals surface area contributed by atoms with Gasteiger partial charge in [0, 0.05) is 5.57 Å². The van der Waals surface area contributed by atoms with Crippen molar-refractivity contribution < 1.29 is 9.90 Å². The number of rotatable bonds is 2. The minimum atomic E-state index is -0.683. The van der Waals surface area contributed by atoms with Gasteiger partial charge in [-0.1, -0.05) is 24.6 Å². The monoisotopic (exact) mass is 248 g/mol. The van der Waals surface area contributed by atoms with Crippen molar-refractivity contribution in [2.75, 3.05) is 0 Å². The Kier molecular flexibility index (Phi) is 3.94. The molecule has 1 saturated carbocycles. The van der Waals surface area contributed by atoms with E-state index < -0.39 is 5.97 Å². The van der Waals surface area contributed by atoms with Crippen LogP contribution in [0.4, 0.5) is 0 Å². The van der Waals surface area contributed by atoms with Crippen LogP contribution < -0.4 is 0 Å². The fraction of sp³-hybridized carbons (Fsp3) is 0.688. The second kappa shape index (κ2) is 5.29. The van der Waals surface area contributed by atoms with Gasteiger partial charge in [-0.15, -0.1) is 0 Å². The molecule has 18 heavy (non-hydrogen) atoms. The summed E-state index contributed by atoms with van der Waals surface area (Å²) in [5, 5.41) is 9.39. The van der Waals surface area contributed by atoms with Crippen molar-refractivity contribution in [1.29, 1.82) is 0 Å². The Morgan fingerprint density at radius 2 is 2.06 bits per heavy atom. The zero-order valence-electron chi connectivity index (χ0n) is 11.5. The van der Waals surface area contributed by atoms with Crippen molar-refractivity contribution in [3.05, 3.63) is 23.3 Å². The van der Waals surface area contributed by atoms with Crippen LogP contribution in [0.25, 0.3) is 0 Å². The Morgan fingerprint density at radius 1 is 1.33 bits per heavy atom. The fourth-order valence-electron chi connectivity index (χ4n) is 3.66. The number of hydrogen-bond donors (Lipinski definition) is 1. The standard InChI is InChI=1S/C16H24O2/c1-10(2)12-5-4-6-14(16(17)18)13-8-7-11(3)15(13)9-12/h11-12,15H,1,4-9H2,2-3H3,(H,17,18)/b14-13-/t11-,12+,15-/m0/s1. The third-order valence-corrected chi connectivity index (χ3v) is 4.86. The van der Waals surface area contributed by atoms with Gasteiger partial charge < -0.3 is 5.11 Å². The van der Waals surface area contributed by atoms with Gasteiger partial charge in [0.05, 0.1) is 0 Å². The van der Waals surface area contributed by atoms with Gasteiger partial charge >= 0.3 is 5.97 Å². The summed E-state index contributed by atoms with van der Waals surface area (Å²) in [7, 11) is 0. The van der Waals surface area contributed by atoms with Crippen molar-refractivity contribution in [2.24, 2.45) is 17.8 Å². The first-order chi connectivity index (χ1) is 8.50. The molecule has 2 aliphatic carbocycles. The summed E-state index contributed by atoms with van der Waals surface area (Å²) in [6, 6.07) is 0. The summed E-state index contributed by atoms with van der Waals surface area (Å²) in [6.07, 6.45) is 6.10. The highest BCUT2D eigenvalue weighted by atomic mass is 16.4. The Morgan fingerprint density at radius 3 is 2.67 bits per heavy atom. The summed E-state index contributed by atoms with van der Waals surface area (Å²) >= 11 is 0. The van der Waals surface area contributed by atoms with E-state index in [-0.39, 0.29) is 0 Å². The van der Waals surface area contributed by atoms with Crippen LogP contribution in [-0.4, -0.2) is 11.1 Å². The molecule has 3 atom stereocenters. The molecule has 0 saturated heterocycles. The van der Waals surface area contributed by atoms with Crippen LogP contribution in [0.2, 0.25) is 0 Å². The molecule has 0 aromatic heterocycles. The molecule has 100 valence electrons. The lowest BCUT2D eigenvalue weighted by Gasteiger charge is -2.28. The van der Waals surface area contributed by atoms with Crippen LogP contribution in [0.15, 0.2) is 23.3 Å². The number of fused-ring (bicyclic) bond motifs is 1. The second-order valence-electron chi connectivity index (χ2n) is 6.10. The Bertz CT molecular complexity index is 392. The summed E-state index contributed by atoms with van der Waals surface area (Å²) in [4.78, 5) is 11.4. The summed E-state index contributed by atoms with van der Waals surface area (Å²) in [6.45, 7) is 8.50. The number of allylic oxidation sites excluding steroid dienone is 2. The first kappa shape index (κ1) is 13.4. The van der Waals surface area contributed by atoms with Crippen molar-refractivity contribution in [2.45, 2.75) is 52.4 Å². The molecule has 0 bridgehead atoms. The first-order valence-corrected chi connectivity index (χ1v) is 7.11. The molecule has 2 heteroatoms. The van der Waals surface area contributed by atoms with E-state index in [0.29, 0.717) is 17.8 Å². The lowest BCUT2D eigenvalue weighted by molar-refractivity contribution is -0.133. The highest BCUT2D eigenvalue weighted by molar-refractivity contribution is 5.87. The van der Waals surface area contributed by atoms with Crippen LogP contribution in [0, 0.1) is 17.8 Å². The zero-order valence-corrected chi connectivity index (χ0v) is 11.5. The number of carboxylic acid groups (broad SMARTS) is 1. The van der Waals surface area contributed by atoms with E-state index in [0.717, 1.165) is 44.1 Å². The maximum atomic E-state index is 11.4. The lowest BCUT2D eigenvalue weighted by Crippen LogP contribution is -2.19. The minimum Gasteiger partial charge on any atom is -0.478 e. The van der Waals surface area contributed by atoms with Crippen LogP contribution in [-0.2, 0) is 4.79 Å². The van der Waals surface area contributed by atoms with Crippen molar-refractivity contribution >= 4 is 5.97 Å². The quantitative estimate of drug-likeness (QED) is 0.744. The minimum absolute atomic E-state index is 0.484. The van der Waals surface area contributed by atoms with Gasteiger partial charge in [-0.2, -0.15) is 0 Å². The van der Waals surface area contributed by atoms with Crippen LogP contribution >= 0.6 is 0 Å². The molecule has 2 aliphatic rings. The highest BCUT2D eigenvalue weighted by Crippen LogP contribution is 2.45. The molecule has 2 rings (SSSR count). The van der Waals surface area contributed by atoms with Gasteiger partial charge in [0.25, 0.3) is 0 Å². The number of carbonyl (C=O) groups is 1. The summed E-state index contributed by atoms with van der Waals surface area (Å²) in [5.41, 5.74) is 3.25. The van der Waals surface area contributed by atoms with Gasteiger partial charge in [-0.3, -0.25) is 0 Å². The third-order valence-electron chi connectivity index (χ3n) is 4.86. The van der Waals surface area contributed by atoms with Gasteiger partial charge in [-0.25, -0.2) is 4.79 Å². The summed E-state index contributed by atoms with van der Waals surface area (Å²) < 4.78 is 0. The molecular weight excluding hydrogens is 224 g/mol. The first-order valence-electron chi connectivity index (χ1n) is 7.11. The molecule has 0 amide bonds. The van der Waals surface area contributed by atoms with Crippen LogP contribution in [0.1, 0.15) is 52.4 Å². The van der Waals surface area contributed by atoms with Gasteiger partial charge in [0.1, 0.15) is 0 Å². The number of hydrogen-bond acceptors (Lipinski definition) is 1. The topological polar surface area (TPSA) is 37.3 Å². The Hall–Kier alpha value is -1.05. The SMILES string of the molecule is C=C(C)[C@@H]1CCC/C(C(=O)O)=C2\CC[C@H](C)[C@@H]2C1. The molecule has 0 heterocycles. The van der Waals surface area contributed by atoms with Crippen molar-refractivity contribution in [3.8, 4) is 0 Å². The van der Waals surface area contributed by atoms with Crippen LogP contribution in [0.3, 0.4) is 0 Å². The third kappa shape index (κ3) is 2.52. The van der Waals surface area contributed by atoms with E-state index in [1.54, 1.807) is 0 Å². The largest absolute Gasteiger partial charge is 0.478 e.